The standard InChI is InChI=1S/C16H23N5O/c1-11-15(12(2)20(4)17-11)16(22)21-8-5-6-13(10-21)14-7-9-19(3)18-14/h7,9,13H,5-6,8,10H2,1-4H3. The van der Waals surface area contributed by atoms with Crippen molar-refractivity contribution in [1.29, 1.82) is 0 Å². The molecule has 3 rings (SSSR count). The van der Waals surface area contributed by atoms with Crippen LogP contribution >= 0.6 is 0 Å². The van der Waals surface area contributed by atoms with Crippen molar-refractivity contribution < 1.29 is 4.79 Å². The number of piperidine rings is 1. The van der Waals surface area contributed by atoms with Crippen LogP contribution in [0.3, 0.4) is 0 Å². The average molecular weight is 301 g/mol. The Labute approximate surface area is 130 Å². The number of hydrogen-bond donors (Lipinski definition) is 0. The Morgan fingerprint density at radius 3 is 2.64 bits per heavy atom. The van der Waals surface area contributed by atoms with E-state index in [0.29, 0.717) is 5.92 Å². The molecule has 0 radical (unpaired) electrons. The summed E-state index contributed by atoms with van der Waals surface area (Å²) in [6, 6.07) is 2.05. The number of hydrogen-bond acceptors (Lipinski definition) is 3. The molecule has 6 nitrogen and oxygen atoms in total. The van der Waals surface area contributed by atoms with E-state index in [0.717, 1.165) is 48.6 Å². The van der Waals surface area contributed by atoms with Gasteiger partial charge in [0, 0.05) is 45.0 Å². The minimum Gasteiger partial charge on any atom is -0.338 e. The summed E-state index contributed by atoms with van der Waals surface area (Å²) in [4.78, 5) is 14.8. The smallest absolute Gasteiger partial charge is 0.257 e. The molecule has 1 aliphatic heterocycles. The number of rotatable bonds is 2. The Kier molecular flexibility index (Phi) is 3.76. The molecule has 1 unspecified atom stereocenters. The van der Waals surface area contributed by atoms with Gasteiger partial charge in [-0.25, -0.2) is 0 Å². The first-order chi connectivity index (χ1) is 10.5. The highest BCUT2D eigenvalue weighted by molar-refractivity contribution is 5.96. The van der Waals surface area contributed by atoms with Crippen LogP contribution in [0.5, 0.6) is 0 Å². The van der Waals surface area contributed by atoms with E-state index in [1.165, 1.54) is 0 Å². The zero-order valence-electron chi connectivity index (χ0n) is 13.7. The lowest BCUT2D eigenvalue weighted by Crippen LogP contribution is -2.39. The van der Waals surface area contributed by atoms with Gasteiger partial charge < -0.3 is 4.90 Å². The highest BCUT2D eigenvalue weighted by Gasteiger charge is 2.29. The normalized spacial score (nSPS) is 18.7. The van der Waals surface area contributed by atoms with E-state index in [2.05, 4.69) is 16.3 Å². The highest BCUT2D eigenvalue weighted by Crippen LogP contribution is 2.27. The van der Waals surface area contributed by atoms with Crippen molar-refractivity contribution >= 4 is 5.91 Å². The van der Waals surface area contributed by atoms with Crippen LogP contribution in [0.2, 0.25) is 0 Å². The minimum absolute atomic E-state index is 0.101. The van der Waals surface area contributed by atoms with Crippen LogP contribution in [-0.2, 0) is 14.1 Å². The molecule has 1 aliphatic rings. The molecule has 1 atom stereocenters. The number of nitrogens with zero attached hydrogens (tertiary/aromatic N) is 5. The maximum absolute atomic E-state index is 12.9. The van der Waals surface area contributed by atoms with Gasteiger partial charge in [-0.1, -0.05) is 0 Å². The second-order valence-electron chi connectivity index (χ2n) is 6.17. The lowest BCUT2D eigenvalue weighted by molar-refractivity contribution is 0.0704. The molecule has 0 N–H and O–H groups in total. The highest BCUT2D eigenvalue weighted by atomic mass is 16.2. The van der Waals surface area contributed by atoms with E-state index in [1.807, 2.05) is 43.7 Å². The Morgan fingerprint density at radius 1 is 1.27 bits per heavy atom. The van der Waals surface area contributed by atoms with E-state index in [4.69, 9.17) is 0 Å². The quantitative estimate of drug-likeness (QED) is 0.850. The maximum Gasteiger partial charge on any atom is 0.257 e. The van der Waals surface area contributed by atoms with Gasteiger partial charge in [0.15, 0.2) is 0 Å². The molecule has 0 aromatic carbocycles. The molecule has 1 amide bonds. The van der Waals surface area contributed by atoms with Crippen molar-refractivity contribution in [2.75, 3.05) is 13.1 Å². The van der Waals surface area contributed by atoms with E-state index >= 15 is 0 Å². The third-order valence-corrected chi connectivity index (χ3v) is 4.58. The summed E-state index contributed by atoms with van der Waals surface area (Å²) in [5.74, 6) is 0.430. The molecule has 0 spiro atoms. The Hall–Kier alpha value is -2.11. The average Bonchev–Trinajstić information content (AvgIpc) is 3.03. The fourth-order valence-electron chi connectivity index (χ4n) is 3.30. The van der Waals surface area contributed by atoms with E-state index in [1.54, 1.807) is 4.68 Å². The number of amides is 1. The van der Waals surface area contributed by atoms with Gasteiger partial charge in [0.1, 0.15) is 0 Å². The lowest BCUT2D eigenvalue weighted by atomic mass is 9.94. The van der Waals surface area contributed by atoms with Crippen LogP contribution in [0, 0.1) is 13.8 Å². The summed E-state index contributed by atoms with van der Waals surface area (Å²) in [6.07, 6.45) is 4.07. The van der Waals surface area contributed by atoms with E-state index in [-0.39, 0.29) is 5.91 Å². The Morgan fingerprint density at radius 2 is 2.05 bits per heavy atom. The molecule has 1 fully saturated rings. The topological polar surface area (TPSA) is 56.0 Å². The summed E-state index contributed by atoms with van der Waals surface area (Å²) in [5, 5.41) is 8.86. The van der Waals surface area contributed by atoms with Gasteiger partial charge in [0.25, 0.3) is 5.91 Å². The number of carbonyl (C=O) groups is 1. The second kappa shape index (κ2) is 5.59. The van der Waals surface area contributed by atoms with Crippen molar-refractivity contribution in [3.63, 3.8) is 0 Å². The summed E-state index contributed by atoms with van der Waals surface area (Å²) in [7, 11) is 3.81. The first-order valence-corrected chi connectivity index (χ1v) is 7.76. The molecule has 2 aromatic rings. The number of likely N-dealkylation sites (tertiary alicyclic amines) is 1. The Balaban J connectivity index is 1.81. The van der Waals surface area contributed by atoms with Gasteiger partial charge in [-0.2, -0.15) is 10.2 Å². The number of aryl methyl sites for hydroxylation is 3. The van der Waals surface area contributed by atoms with E-state index < -0.39 is 0 Å². The van der Waals surface area contributed by atoms with Gasteiger partial charge >= 0.3 is 0 Å². The van der Waals surface area contributed by atoms with Crippen molar-refractivity contribution in [2.45, 2.75) is 32.6 Å². The monoisotopic (exact) mass is 301 g/mol. The predicted octanol–water partition coefficient (Wildman–Crippen LogP) is 1.79. The molecule has 0 saturated carbocycles. The summed E-state index contributed by atoms with van der Waals surface area (Å²) < 4.78 is 3.61. The summed E-state index contributed by atoms with van der Waals surface area (Å²) >= 11 is 0. The minimum atomic E-state index is 0.101. The largest absolute Gasteiger partial charge is 0.338 e. The molecule has 0 bridgehead atoms. The van der Waals surface area contributed by atoms with Crippen LogP contribution in [0.1, 0.15) is 46.2 Å². The summed E-state index contributed by atoms with van der Waals surface area (Å²) in [6.45, 7) is 5.41. The zero-order chi connectivity index (χ0) is 15.9. The van der Waals surface area contributed by atoms with Gasteiger partial charge in [-0.15, -0.1) is 0 Å². The Bertz CT molecular complexity index is 699. The van der Waals surface area contributed by atoms with Crippen LogP contribution in [0.4, 0.5) is 0 Å². The molecule has 1 saturated heterocycles. The zero-order valence-corrected chi connectivity index (χ0v) is 13.7. The first-order valence-electron chi connectivity index (χ1n) is 7.76. The molecule has 118 valence electrons. The van der Waals surface area contributed by atoms with Crippen LogP contribution < -0.4 is 0 Å². The van der Waals surface area contributed by atoms with Crippen LogP contribution in [0.15, 0.2) is 12.3 Å². The third kappa shape index (κ3) is 2.53. The second-order valence-corrected chi connectivity index (χ2v) is 6.17. The maximum atomic E-state index is 12.9. The first kappa shape index (κ1) is 14.8. The van der Waals surface area contributed by atoms with Crippen LogP contribution in [0.25, 0.3) is 0 Å². The van der Waals surface area contributed by atoms with Gasteiger partial charge in [-0.3, -0.25) is 14.2 Å². The number of aromatic nitrogens is 4. The molecule has 6 heteroatoms. The number of carbonyl (C=O) groups excluding carboxylic acids is 1. The van der Waals surface area contributed by atoms with Gasteiger partial charge in [0.05, 0.1) is 17.0 Å². The SMILES string of the molecule is Cc1nn(C)c(C)c1C(=O)N1CCCC(c2ccn(C)n2)C1. The third-order valence-electron chi connectivity index (χ3n) is 4.58. The molecule has 2 aromatic heterocycles. The molecular weight excluding hydrogens is 278 g/mol. The molecule has 22 heavy (non-hydrogen) atoms. The van der Waals surface area contributed by atoms with Crippen molar-refractivity contribution in [1.82, 2.24) is 24.5 Å². The van der Waals surface area contributed by atoms with Crippen molar-refractivity contribution in [3.8, 4) is 0 Å². The fraction of sp³-hybridized carbons (Fsp3) is 0.562. The van der Waals surface area contributed by atoms with Gasteiger partial charge in [-0.05, 0) is 32.8 Å². The molecule has 0 aliphatic carbocycles. The predicted molar refractivity (Wildman–Crippen MR) is 83.8 cm³/mol. The van der Waals surface area contributed by atoms with E-state index in [9.17, 15) is 4.79 Å². The molecule has 3 heterocycles. The van der Waals surface area contributed by atoms with Crippen molar-refractivity contribution in [2.24, 2.45) is 14.1 Å². The van der Waals surface area contributed by atoms with Crippen LogP contribution in [-0.4, -0.2) is 43.5 Å². The van der Waals surface area contributed by atoms with Gasteiger partial charge in [0.2, 0.25) is 0 Å². The van der Waals surface area contributed by atoms with Crippen molar-refractivity contribution in [3.05, 3.63) is 34.9 Å². The fourth-order valence-corrected chi connectivity index (χ4v) is 3.30. The summed E-state index contributed by atoms with van der Waals surface area (Å²) in [5.41, 5.74) is 3.58. The molecular formula is C16H23N5O. The lowest BCUT2D eigenvalue weighted by Gasteiger charge is -2.32.